The molecule has 0 radical (unpaired) electrons. The number of halogens is 3. The molecule has 0 aliphatic heterocycles. The van der Waals surface area contributed by atoms with Gasteiger partial charge in [-0.05, 0) is 68.5 Å². The number of nitriles is 1. The van der Waals surface area contributed by atoms with Crippen LogP contribution in [-0.2, 0) is 30.3 Å². The third kappa shape index (κ3) is 4.55. The predicted octanol–water partition coefficient (Wildman–Crippen LogP) is 3.50. The Morgan fingerprint density at radius 2 is 1.90 bits per heavy atom. The van der Waals surface area contributed by atoms with Gasteiger partial charge in [-0.15, -0.1) is 0 Å². The second kappa shape index (κ2) is 9.60. The molecule has 2 fully saturated rings. The summed E-state index contributed by atoms with van der Waals surface area (Å²) in [5.74, 6) is -3.69. The number of sulfone groups is 1. The number of benzene rings is 1. The standard InChI is InChI=1S/C26H26F3N3O6S/c1-3-38-21-10-17(11-25(21,23(34)35)20-12-24(20,13-30)22(31)33)39(36,37)19-5-4-15(9-18(19)26(27,28)29)16-6-7-32-14(2)8-16/h4-9,17,20-21H,3,10-12H2,1-2H3,(H2,31,33)(H,34,35)/t17-,20?,21+,24?,25+/m1/s1. The van der Waals surface area contributed by atoms with E-state index in [-0.39, 0.29) is 18.6 Å². The molecule has 208 valence electrons. The molecule has 13 heteroatoms. The Morgan fingerprint density at radius 1 is 1.23 bits per heavy atom. The highest BCUT2D eigenvalue weighted by Crippen LogP contribution is 2.66. The maximum absolute atomic E-state index is 14.2. The minimum atomic E-state index is -5.04. The van der Waals surface area contributed by atoms with E-state index in [1.807, 2.05) is 0 Å². The third-order valence-electron chi connectivity index (χ3n) is 7.87. The number of nitrogens with two attached hydrogens (primary N) is 1. The quantitative estimate of drug-likeness (QED) is 0.492. The molecule has 39 heavy (non-hydrogen) atoms. The lowest BCUT2D eigenvalue weighted by molar-refractivity contribution is -0.160. The van der Waals surface area contributed by atoms with Crippen molar-refractivity contribution in [1.82, 2.24) is 4.98 Å². The highest BCUT2D eigenvalue weighted by Gasteiger charge is 2.75. The Hall–Kier alpha value is -3.50. The van der Waals surface area contributed by atoms with Gasteiger partial charge in [0.05, 0.1) is 27.9 Å². The van der Waals surface area contributed by atoms with Crippen LogP contribution in [0, 0.1) is 35.0 Å². The Morgan fingerprint density at radius 3 is 2.41 bits per heavy atom. The molecular formula is C26H26F3N3O6S. The summed E-state index contributed by atoms with van der Waals surface area (Å²) in [6.45, 7) is 3.19. The molecule has 2 aromatic rings. The van der Waals surface area contributed by atoms with Crippen molar-refractivity contribution in [2.24, 2.45) is 22.5 Å². The zero-order valence-corrected chi connectivity index (χ0v) is 21.8. The van der Waals surface area contributed by atoms with Gasteiger partial charge in [0.1, 0.15) is 10.8 Å². The van der Waals surface area contributed by atoms with E-state index in [0.29, 0.717) is 11.3 Å². The number of aryl methyl sites for hydroxylation is 1. The molecule has 1 aromatic carbocycles. The topological polar surface area (TPSA) is 160 Å². The van der Waals surface area contributed by atoms with Crippen molar-refractivity contribution in [3.05, 3.63) is 47.8 Å². The van der Waals surface area contributed by atoms with Crippen molar-refractivity contribution in [3.63, 3.8) is 0 Å². The SMILES string of the molecule is CCO[C@H]1C[C@@H](S(=O)(=O)c2ccc(-c3ccnc(C)c3)cc2C(F)(F)F)C[C@]1(C(=O)O)C1CC1(C#N)C(N)=O. The molecule has 2 saturated carbocycles. The Balaban J connectivity index is 1.81. The molecule has 1 amide bonds. The molecular weight excluding hydrogens is 539 g/mol. The van der Waals surface area contributed by atoms with Crippen LogP contribution in [0.1, 0.15) is 37.4 Å². The molecule has 3 N–H and O–H groups in total. The number of carbonyl (C=O) groups is 2. The molecule has 0 spiro atoms. The first kappa shape index (κ1) is 28.5. The smallest absolute Gasteiger partial charge is 0.417 e. The van der Waals surface area contributed by atoms with Gasteiger partial charge in [-0.2, -0.15) is 18.4 Å². The van der Waals surface area contributed by atoms with Crippen LogP contribution in [0.5, 0.6) is 0 Å². The summed E-state index contributed by atoms with van der Waals surface area (Å²) in [6, 6.07) is 7.70. The van der Waals surface area contributed by atoms with Crippen LogP contribution in [0.2, 0.25) is 0 Å². The van der Waals surface area contributed by atoms with Crippen molar-refractivity contribution in [1.29, 1.82) is 5.26 Å². The molecule has 0 bridgehead atoms. The number of nitrogens with zero attached hydrogens (tertiary/aromatic N) is 2. The maximum atomic E-state index is 14.2. The number of hydrogen-bond acceptors (Lipinski definition) is 7. The fourth-order valence-corrected chi connectivity index (χ4v) is 7.88. The van der Waals surface area contributed by atoms with Crippen LogP contribution in [0.15, 0.2) is 41.4 Å². The van der Waals surface area contributed by atoms with Crippen molar-refractivity contribution in [2.75, 3.05) is 6.61 Å². The van der Waals surface area contributed by atoms with Gasteiger partial charge in [0.2, 0.25) is 5.91 Å². The van der Waals surface area contributed by atoms with Crippen LogP contribution in [0.3, 0.4) is 0 Å². The number of ether oxygens (including phenoxy) is 1. The number of carbonyl (C=O) groups excluding carboxylic acids is 1. The normalized spacial score (nSPS) is 28.6. The predicted molar refractivity (Wildman–Crippen MR) is 130 cm³/mol. The van der Waals surface area contributed by atoms with Gasteiger partial charge in [0, 0.05) is 24.4 Å². The second-order valence-corrected chi connectivity index (χ2v) is 12.2. The lowest BCUT2D eigenvalue weighted by atomic mass is 9.75. The summed E-state index contributed by atoms with van der Waals surface area (Å²) in [4.78, 5) is 27.7. The van der Waals surface area contributed by atoms with Crippen molar-refractivity contribution >= 4 is 21.7 Å². The highest BCUT2D eigenvalue weighted by atomic mass is 32.2. The lowest BCUT2D eigenvalue weighted by Gasteiger charge is -2.32. The Kier molecular flexibility index (Phi) is 7.02. The van der Waals surface area contributed by atoms with E-state index in [1.54, 1.807) is 26.0 Å². The summed E-state index contributed by atoms with van der Waals surface area (Å²) in [6.07, 6.45) is -6.17. The lowest BCUT2D eigenvalue weighted by Crippen LogP contribution is -2.45. The Labute approximate surface area is 222 Å². The van der Waals surface area contributed by atoms with E-state index in [4.69, 9.17) is 10.5 Å². The first-order chi connectivity index (χ1) is 18.1. The van der Waals surface area contributed by atoms with Gasteiger partial charge in [-0.25, -0.2) is 8.42 Å². The number of hydrogen-bond donors (Lipinski definition) is 2. The van der Waals surface area contributed by atoms with E-state index >= 15 is 0 Å². The minimum absolute atomic E-state index is 0.0246. The van der Waals surface area contributed by atoms with Gasteiger partial charge in [0.15, 0.2) is 9.84 Å². The first-order valence-corrected chi connectivity index (χ1v) is 13.6. The molecule has 1 heterocycles. The Bertz CT molecular complexity index is 1490. The van der Waals surface area contributed by atoms with Crippen LogP contribution in [-0.4, -0.2) is 48.3 Å². The molecule has 9 nitrogen and oxygen atoms in total. The van der Waals surface area contributed by atoms with Crippen molar-refractivity contribution < 1.29 is 41.0 Å². The molecule has 5 atom stereocenters. The number of alkyl halides is 3. The summed E-state index contributed by atoms with van der Waals surface area (Å²) >= 11 is 0. The van der Waals surface area contributed by atoms with Gasteiger partial charge >= 0.3 is 12.1 Å². The van der Waals surface area contributed by atoms with Gasteiger partial charge in [-0.1, -0.05) is 6.07 Å². The fraction of sp³-hybridized carbons (Fsp3) is 0.462. The fourth-order valence-electron chi connectivity index (χ4n) is 5.86. The average molecular weight is 566 g/mol. The summed E-state index contributed by atoms with van der Waals surface area (Å²) in [7, 11) is -4.76. The number of primary amides is 1. The molecule has 4 rings (SSSR count). The summed E-state index contributed by atoms with van der Waals surface area (Å²) < 4.78 is 75.8. The van der Waals surface area contributed by atoms with Gasteiger partial charge in [-0.3, -0.25) is 14.6 Å². The molecule has 2 aliphatic carbocycles. The average Bonchev–Trinajstić information content (AvgIpc) is 3.50. The van der Waals surface area contributed by atoms with E-state index in [0.717, 1.165) is 12.1 Å². The van der Waals surface area contributed by atoms with Crippen LogP contribution in [0.4, 0.5) is 13.2 Å². The molecule has 2 aliphatic rings. The van der Waals surface area contributed by atoms with Crippen molar-refractivity contribution in [3.8, 4) is 17.2 Å². The van der Waals surface area contributed by atoms with Gasteiger partial charge < -0.3 is 15.6 Å². The largest absolute Gasteiger partial charge is 0.481 e. The highest BCUT2D eigenvalue weighted by molar-refractivity contribution is 7.92. The summed E-state index contributed by atoms with van der Waals surface area (Å²) in [5, 5.41) is 18.3. The molecule has 1 aromatic heterocycles. The zero-order valence-electron chi connectivity index (χ0n) is 21.0. The van der Waals surface area contributed by atoms with E-state index in [9.17, 15) is 41.5 Å². The molecule has 0 saturated heterocycles. The first-order valence-electron chi connectivity index (χ1n) is 12.1. The van der Waals surface area contributed by atoms with Gasteiger partial charge in [0.25, 0.3) is 0 Å². The number of carboxylic acid groups (broad SMARTS) is 1. The van der Waals surface area contributed by atoms with E-state index < -0.39 is 79.3 Å². The van der Waals surface area contributed by atoms with E-state index in [2.05, 4.69) is 4.98 Å². The number of aromatic nitrogens is 1. The number of rotatable bonds is 8. The van der Waals surface area contributed by atoms with Crippen molar-refractivity contribution in [2.45, 2.75) is 55.5 Å². The van der Waals surface area contributed by atoms with Crippen LogP contribution in [0.25, 0.3) is 11.1 Å². The van der Waals surface area contributed by atoms with Crippen LogP contribution < -0.4 is 5.73 Å². The summed E-state index contributed by atoms with van der Waals surface area (Å²) in [5.41, 5.74) is 1.26. The monoisotopic (exact) mass is 565 g/mol. The van der Waals surface area contributed by atoms with E-state index in [1.165, 1.54) is 18.3 Å². The number of carboxylic acids is 1. The molecule has 2 unspecified atom stereocenters. The van der Waals surface area contributed by atoms with Crippen LogP contribution >= 0.6 is 0 Å². The third-order valence-corrected chi connectivity index (χ3v) is 10.1. The number of amides is 1. The zero-order chi connectivity index (χ0) is 29.0. The minimum Gasteiger partial charge on any atom is -0.481 e. The number of aliphatic carboxylic acids is 1. The maximum Gasteiger partial charge on any atom is 0.417 e. The number of pyridine rings is 1. The second-order valence-electron chi connectivity index (χ2n) is 10.00.